The van der Waals surface area contributed by atoms with E-state index < -0.39 is 0 Å². The first kappa shape index (κ1) is 19.0. The van der Waals surface area contributed by atoms with E-state index in [4.69, 9.17) is 4.74 Å². The van der Waals surface area contributed by atoms with Crippen LogP contribution in [0, 0.1) is 13.8 Å². The minimum Gasteiger partial charge on any atom is -0.484 e. The third kappa shape index (κ3) is 4.67. The number of ether oxygens (including phenoxy) is 1. The highest BCUT2D eigenvalue weighted by molar-refractivity contribution is 5.95. The van der Waals surface area contributed by atoms with Gasteiger partial charge in [0.2, 0.25) is 5.91 Å². The fourth-order valence-corrected chi connectivity index (χ4v) is 3.39. The van der Waals surface area contributed by atoms with E-state index in [1.807, 2.05) is 44.2 Å². The number of benzene rings is 2. The zero-order valence-corrected chi connectivity index (χ0v) is 16.2. The van der Waals surface area contributed by atoms with Gasteiger partial charge in [-0.15, -0.1) is 0 Å². The van der Waals surface area contributed by atoms with E-state index in [9.17, 15) is 9.59 Å². The highest BCUT2D eigenvalue weighted by Gasteiger charge is 2.16. The molecule has 27 heavy (non-hydrogen) atoms. The Hall–Kier alpha value is -2.82. The number of nitrogens with zero attached hydrogens (tertiary/aromatic N) is 1. The minimum absolute atomic E-state index is 0.0137. The van der Waals surface area contributed by atoms with Gasteiger partial charge in [0, 0.05) is 12.7 Å². The molecule has 2 amide bonds. The minimum atomic E-state index is -0.229. The average molecular weight is 366 g/mol. The normalized spacial score (nSPS) is 12.4. The number of aryl methyl sites for hydroxylation is 4. The average Bonchev–Trinajstić information content (AvgIpc) is 3.10. The second-order valence-electron chi connectivity index (χ2n) is 7.14. The number of rotatable bonds is 6. The molecule has 5 heteroatoms. The van der Waals surface area contributed by atoms with Crippen LogP contribution in [0.15, 0.2) is 36.4 Å². The molecule has 0 bridgehead atoms. The van der Waals surface area contributed by atoms with Crippen LogP contribution in [-0.4, -0.2) is 36.9 Å². The number of likely N-dealkylation sites (N-methyl/N-ethyl adjacent to an activating group) is 1. The number of para-hydroxylation sites is 1. The third-order valence-corrected chi connectivity index (χ3v) is 4.98. The fourth-order valence-electron chi connectivity index (χ4n) is 3.39. The SMILES string of the molecule is Cc1cccc(C)c1NC(=O)CN(C)C(=O)COc1ccc2c(c1)CCC2. The first-order chi connectivity index (χ1) is 12.9. The van der Waals surface area contributed by atoms with Gasteiger partial charge in [0.1, 0.15) is 5.75 Å². The van der Waals surface area contributed by atoms with Gasteiger partial charge in [-0.05, 0) is 67.5 Å². The molecule has 0 saturated carbocycles. The van der Waals surface area contributed by atoms with E-state index in [2.05, 4.69) is 11.4 Å². The smallest absolute Gasteiger partial charge is 0.260 e. The molecule has 0 aliphatic heterocycles. The summed E-state index contributed by atoms with van der Waals surface area (Å²) >= 11 is 0. The molecule has 0 saturated heterocycles. The van der Waals surface area contributed by atoms with Crippen molar-refractivity contribution in [3.05, 3.63) is 58.7 Å². The van der Waals surface area contributed by atoms with Gasteiger partial charge < -0.3 is 15.0 Å². The van der Waals surface area contributed by atoms with Crippen molar-refractivity contribution in [1.29, 1.82) is 0 Å². The Kier molecular flexibility index (Phi) is 5.79. The van der Waals surface area contributed by atoms with Gasteiger partial charge in [-0.25, -0.2) is 0 Å². The molecule has 3 rings (SSSR count). The number of hydrogen-bond acceptors (Lipinski definition) is 3. The highest BCUT2D eigenvalue weighted by Crippen LogP contribution is 2.26. The molecule has 142 valence electrons. The number of hydrogen-bond donors (Lipinski definition) is 1. The van der Waals surface area contributed by atoms with Crippen molar-refractivity contribution in [2.45, 2.75) is 33.1 Å². The largest absolute Gasteiger partial charge is 0.484 e. The maximum absolute atomic E-state index is 12.3. The molecule has 2 aromatic rings. The lowest BCUT2D eigenvalue weighted by Crippen LogP contribution is -2.37. The molecule has 1 aliphatic carbocycles. The molecule has 0 unspecified atom stereocenters. The van der Waals surface area contributed by atoms with Crippen LogP contribution in [0.1, 0.15) is 28.7 Å². The predicted molar refractivity (Wildman–Crippen MR) is 106 cm³/mol. The second-order valence-corrected chi connectivity index (χ2v) is 7.14. The monoisotopic (exact) mass is 366 g/mol. The quantitative estimate of drug-likeness (QED) is 0.854. The molecule has 2 aromatic carbocycles. The number of anilines is 1. The van der Waals surface area contributed by atoms with E-state index in [0.29, 0.717) is 5.75 Å². The first-order valence-electron chi connectivity index (χ1n) is 9.28. The number of carbonyl (C=O) groups excluding carboxylic acids is 2. The van der Waals surface area contributed by atoms with E-state index in [1.54, 1.807) is 7.05 Å². The van der Waals surface area contributed by atoms with E-state index in [1.165, 1.54) is 22.4 Å². The molecule has 0 radical (unpaired) electrons. The van der Waals surface area contributed by atoms with Gasteiger partial charge in [0.25, 0.3) is 5.91 Å². The van der Waals surface area contributed by atoms with Crippen LogP contribution in [-0.2, 0) is 22.4 Å². The van der Waals surface area contributed by atoms with Gasteiger partial charge >= 0.3 is 0 Å². The summed E-state index contributed by atoms with van der Waals surface area (Å²) in [5.74, 6) is 0.255. The van der Waals surface area contributed by atoms with Crippen LogP contribution in [0.25, 0.3) is 0 Å². The summed E-state index contributed by atoms with van der Waals surface area (Å²) in [4.78, 5) is 26.0. The Morgan fingerprint density at radius 1 is 1.07 bits per heavy atom. The van der Waals surface area contributed by atoms with E-state index in [0.717, 1.165) is 29.7 Å². The maximum atomic E-state index is 12.3. The van der Waals surface area contributed by atoms with Crippen molar-refractivity contribution in [3.63, 3.8) is 0 Å². The maximum Gasteiger partial charge on any atom is 0.260 e. The van der Waals surface area contributed by atoms with Crippen molar-refractivity contribution in [3.8, 4) is 5.75 Å². The van der Waals surface area contributed by atoms with Gasteiger partial charge in [0.15, 0.2) is 6.61 Å². The molecule has 5 nitrogen and oxygen atoms in total. The molecule has 1 N–H and O–H groups in total. The van der Waals surface area contributed by atoms with Crippen molar-refractivity contribution in [2.75, 3.05) is 25.5 Å². The molecule has 0 fully saturated rings. The van der Waals surface area contributed by atoms with E-state index >= 15 is 0 Å². The molecule has 0 aromatic heterocycles. The lowest BCUT2D eigenvalue weighted by molar-refractivity contribution is -0.135. The van der Waals surface area contributed by atoms with Crippen molar-refractivity contribution >= 4 is 17.5 Å². The molecular weight excluding hydrogens is 340 g/mol. The van der Waals surface area contributed by atoms with Crippen molar-refractivity contribution in [1.82, 2.24) is 4.90 Å². The van der Waals surface area contributed by atoms with Gasteiger partial charge in [0.05, 0.1) is 6.54 Å². The summed E-state index contributed by atoms with van der Waals surface area (Å²) in [6, 6.07) is 11.8. The van der Waals surface area contributed by atoms with Crippen LogP contribution >= 0.6 is 0 Å². The molecule has 0 spiro atoms. The molecular formula is C22H26N2O3. The topological polar surface area (TPSA) is 58.6 Å². The number of nitrogens with one attached hydrogen (secondary N) is 1. The summed E-state index contributed by atoms with van der Waals surface area (Å²) in [6.07, 6.45) is 3.36. The summed E-state index contributed by atoms with van der Waals surface area (Å²) in [5.41, 5.74) is 5.47. The third-order valence-electron chi connectivity index (χ3n) is 4.98. The molecule has 1 aliphatic rings. The lowest BCUT2D eigenvalue weighted by Gasteiger charge is -2.18. The molecule has 0 atom stereocenters. The Bertz CT molecular complexity index is 840. The zero-order chi connectivity index (χ0) is 19.4. The van der Waals surface area contributed by atoms with Crippen LogP contribution in [0.4, 0.5) is 5.69 Å². The summed E-state index contributed by atoms with van der Waals surface area (Å²) in [6.45, 7) is 3.80. The first-order valence-corrected chi connectivity index (χ1v) is 9.28. The number of amides is 2. The van der Waals surface area contributed by atoms with Crippen LogP contribution in [0.2, 0.25) is 0 Å². The van der Waals surface area contributed by atoms with Gasteiger partial charge in [-0.2, -0.15) is 0 Å². The van der Waals surface area contributed by atoms with Gasteiger partial charge in [-0.1, -0.05) is 24.3 Å². The van der Waals surface area contributed by atoms with Crippen molar-refractivity contribution in [2.24, 2.45) is 0 Å². The number of carbonyl (C=O) groups is 2. The standard InChI is InChI=1S/C22H26N2O3/c1-15-6-4-7-16(2)22(15)23-20(25)13-24(3)21(26)14-27-19-11-10-17-8-5-9-18(17)12-19/h4,6-7,10-12H,5,8-9,13-14H2,1-3H3,(H,23,25). The van der Waals surface area contributed by atoms with E-state index in [-0.39, 0.29) is 25.0 Å². The Labute approximate surface area is 160 Å². The van der Waals surface area contributed by atoms with Crippen LogP contribution in [0.5, 0.6) is 5.75 Å². The predicted octanol–water partition coefficient (Wildman–Crippen LogP) is 3.27. The Morgan fingerprint density at radius 2 is 1.78 bits per heavy atom. The summed E-state index contributed by atoms with van der Waals surface area (Å²) in [5, 5.41) is 2.89. The highest BCUT2D eigenvalue weighted by atomic mass is 16.5. The van der Waals surface area contributed by atoms with Gasteiger partial charge in [-0.3, -0.25) is 9.59 Å². The second kappa shape index (κ2) is 8.25. The summed E-state index contributed by atoms with van der Waals surface area (Å²) < 4.78 is 5.63. The lowest BCUT2D eigenvalue weighted by atomic mass is 10.1. The zero-order valence-electron chi connectivity index (χ0n) is 16.2. The van der Waals surface area contributed by atoms with Crippen molar-refractivity contribution < 1.29 is 14.3 Å². The van der Waals surface area contributed by atoms with Crippen LogP contribution < -0.4 is 10.1 Å². The van der Waals surface area contributed by atoms with Crippen LogP contribution in [0.3, 0.4) is 0 Å². The Morgan fingerprint density at radius 3 is 2.52 bits per heavy atom. The Balaban J connectivity index is 1.50. The number of fused-ring (bicyclic) bond motifs is 1. The molecule has 0 heterocycles. The summed E-state index contributed by atoms with van der Waals surface area (Å²) in [7, 11) is 1.61. The fraction of sp³-hybridized carbons (Fsp3) is 0.364.